The number of hydrogen-bond acceptors (Lipinski definition) is 3. The summed E-state index contributed by atoms with van der Waals surface area (Å²) in [5.41, 5.74) is 0. The molecule has 0 fully saturated rings. The van der Waals surface area contributed by atoms with Gasteiger partial charge in [-0.1, -0.05) is 20.8 Å². The van der Waals surface area contributed by atoms with E-state index in [-0.39, 0.29) is 0 Å². The SMILES string of the molecule is [CH2]CCP(=O)(OCCC)OCCC. The van der Waals surface area contributed by atoms with Crippen LogP contribution in [0.3, 0.4) is 0 Å². The molecule has 13 heavy (non-hydrogen) atoms. The van der Waals surface area contributed by atoms with Gasteiger partial charge in [0, 0.05) is 0 Å². The molecule has 0 aliphatic carbocycles. The smallest absolute Gasteiger partial charge is 0.309 e. The van der Waals surface area contributed by atoms with Crippen LogP contribution in [0.4, 0.5) is 0 Å². The van der Waals surface area contributed by atoms with Crippen LogP contribution in [0.2, 0.25) is 0 Å². The van der Waals surface area contributed by atoms with E-state index in [4.69, 9.17) is 9.05 Å². The van der Waals surface area contributed by atoms with Crippen molar-refractivity contribution < 1.29 is 13.6 Å². The Morgan fingerprint density at radius 1 is 1.15 bits per heavy atom. The molecule has 3 nitrogen and oxygen atoms in total. The van der Waals surface area contributed by atoms with E-state index in [0.717, 1.165) is 12.8 Å². The summed E-state index contributed by atoms with van der Waals surface area (Å²) in [7, 11) is -2.81. The van der Waals surface area contributed by atoms with Crippen LogP contribution in [0.25, 0.3) is 0 Å². The van der Waals surface area contributed by atoms with Crippen LogP contribution in [-0.4, -0.2) is 19.4 Å². The van der Waals surface area contributed by atoms with Crippen LogP contribution in [-0.2, 0) is 13.6 Å². The zero-order valence-corrected chi connectivity index (χ0v) is 9.52. The largest absolute Gasteiger partial charge is 0.330 e. The lowest BCUT2D eigenvalue weighted by atomic mass is 10.5. The lowest BCUT2D eigenvalue weighted by molar-refractivity contribution is 0.205. The zero-order chi connectivity index (χ0) is 10.2. The molecule has 0 spiro atoms. The quantitative estimate of drug-likeness (QED) is 0.573. The Balaban J connectivity index is 3.92. The molecule has 0 unspecified atom stereocenters. The normalized spacial score (nSPS) is 11.9. The maximum absolute atomic E-state index is 11.8. The van der Waals surface area contributed by atoms with Crippen LogP contribution in [0.15, 0.2) is 0 Å². The van der Waals surface area contributed by atoms with E-state index >= 15 is 0 Å². The fourth-order valence-electron chi connectivity index (χ4n) is 0.821. The summed E-state index contributed by atoms with van der Waals surface area (Å²) >= 11 is 0. The third kappa shape index (κ3) is 6.25. The standard InChI is InChI=1S/C9H20O3P/c1-4-7-11-13(10,9-6-3)12-8-5-2/h3-9H2,1-2H3. The van der Waals surface area contributed by atoms with Gasteiger partial charge in [0.15, 0.2) is 0 Å². The molecular weight excluding hydrogens is 187 g/mol. The van der Waals surface area contributed by atoms with Crippen molar-refractivity contribution in [3.8, 4) is 0 Å². The Morgan fingerprint density at radius 3 is 1.92 bits per heavy atom. The molecule has 0 saturated carbocycles. The summed E-state index contributed by atoms with van der Waals surface area (Å²) in [5.74, 6) is 0. The molecule has 0 aromatic heterocycles. The molecule has 1 radical (unpaired) electrons. The first-order valence-electron chi connectivity index (χ1n) is 4.86. The fourth-order valence-corrected chi connectivity index (χ4v) is 2.46. The number of hydrogen-bond donors (Lipinski definition) is 0. The van der Waals surface area contributed by atoms with Crippen molar-refractivity contribution in [3.05, 3.63) is 6.92 Å². The highest BCUT2D eigenvalue weighted by atomic mass is 31.2. The monoisotopic (exact) mass is 207 g/mol. The molecule has 0 amide bonds. The fraction of sp³-hybridized carbons (Fsp3) is 0.889. The van der Waals surface area contributed by atoms with E-state index in [9.17, 15) is 4.57 Å². The molecule has 0 bridgehead atoms. The van der Waals surface area contributed by atoms with Crippen LogP contribution in [0, 0.1) is 6.92 Å². The molecule has 0 aromatic rings. The van der Waals surface area contributed by atoms with Crippen molar-refractivity contribution in [1.82, 2.24) is 0 Å². The molecule has 0 aliphatic rings. The Morgan fingerprint density at radius 2 is 1.62 bits per heavy atom. The molecule has 0 heterocycles. The van der Waals surface area contributed by atoms with Gasteiger partial charge in [-0.15, -0.1) is 0 Å². The molecular formula is C9H20O3P. The second-order valence-corrected chi connectivity index (χ2v) is 5.04. The summed E-state index contributed by atoms with van der Waals surface area (Å²) in [6.07, 6.45) is 2.73. The van der Waals surface area contributed by atoms with Gasteiger partial charge in [0.05, 0.1) is 19.4 Å². The van der Waals surface area contributed by atoms with Gasteiger partial charge < -0.3 is 9.05 Å². The third-order valence-electron chi connectivity index (χ3n) is 1.42. The first-order valence-corrected chi connectivity index (χ1v) is 6.58. The highest BCUT2D eigenvalue weighted by molar-refractivity contribution is 7.53. The summed E-state index contributed by atoms with van der Waals surface area (Å²) in [4.78, 5) is 0. The first kappa shape index (κ1) is 13.2. The van der Waals surface area contributed by atoms with Crippen molar-refractivity contribution in [1.29, 1.82) is 0 Å². The highest BCUT2D eigenvalue weighted by Gasteiger charge is 2.22. The van der Waals surface area contributed by atoms with E-state index in [1.54, 1.807) is 0 Å². The lowest BCUT2D eigenvalue weighted by Gasteiger charge is -2.16. The van der Waals surface area contributed by atoms with E-state index in [1.165, 1.54) is 0 Å². The van der Waals surface area contributed by atoms with E-state index in [2.05, 4.69) is 6.92 Å². The number of rotatable bonds is 8. The molecule has 0 rings (SSSR count). The minimum absolute atomic E-state index is 0.424. The van der Waals surface area contributed by atoms with Crippen molar-refractivity contribution >= 4 is 7.60 Å². The van der Waals surface area contributed by atoms with Crippen LogP contribution < -0.4 is 0 Å². The van der Waals surface area contributed by atoms with Gasteiger partial charge in [0.2, 0.25) is 0 Å². The lowest BCUT2D eigenvalue weighted by Crippen LogP contribution is -2.01. The zero-order valence-electron chi connectivity index (χ0n) is 8.62. The molecule has 79 valence electrons. The molecule has 0 N–H and O–H groups in total. The predicted octanol–water partition coefficient (Wildman–Crippen LogP) is 3.26. The van der Waals surface area contributed by atoms with Gasteiger partial charge >= 0.3 is 7.60 Å². The second kappa shape index (κ2) is 7.54. The third-order valence-corrected chi connectivity index (χ3v) is 3.43. The first-order chi connectivity index (χ1) is 6.18. The summed E-state index contributed by atoms with van der Waals surface area (Å²) in [5, 5.41) is 0. The van der Waals surface area contributed by atoms with Gasteiger partial charge in [0.1, 0.15) is 0 Å². The average molecular weight is 207 g/mol. The predicted molar refractivity (Wildman–Crippen MR) is 54.9 cm³/mol. The minimum atomic E-state index is -2.81. The van der Waals surface area contributed by atoms with Crippen molar-refractivity contribution in [2.75, 3.05) is 19.4 Å². The Hall–Kier alpha value is 0.150. The molecule has 0 atom stereocenters. The molecule has 0 saturated heterocycles. The van der Waals surface area contributed by atoms with Crippen LogP contribution in [0.1, 0.15) is 33.1 Å². The maximum atomic E-state index is 11.8. The maximum Gasteiger partial charge on any atom is 0.330 e. The van der Waals surface area contributed by atoms with Gasteiger partial charge in [-0.25, -0.2) is 0 Å². The van der Waals surface area contributed by atoms with Crippen LogP contribution in [0.5, 0.6) is 0 Å². The summed E-state index contributed by atoms with van der Waals surface area (Å²) in [6, 6.07) is 0. The van der Waals surface area contributed by atoms with E-state index in [0.29, 0.717) is 25.8 Å². The van der Waals surface area contributed by atoms with Crippen molar-refractivity contribution in [2.24, 2.45) is 0 Å². The molecule has 4 heteroatoms. The van der Waals surface area contributed by atoms with Gasteiger partial charge in [0.25, 0.3) is 0 Å². The average Bonchev–Trinajstić information content (AvgIpc) is 2.12. The van der Waals surface area contributed by atoms with Gasteiger partial charge in [-0.2, -0.15) is 0 Å². The second-order valence-electron chi connectivity index (χ2n) is 2.85. The summed E-state index contributed by atoms with van der Waals surface area (Å²) < 4.78 is 22.3. The topological polar surface area (TPSA) is 35.5 Å². The van der Waals surface area contributed by atoms with Crippen molar-refractivity contribution in [2.45, 2.75) is 33.1 Å². The Labute approximate surface area is 81.3 Å². The minimum Gasteiger partial charge on any atom is -0.309 e. The molecule has 0 aromatic carbocycles. The molecule has 0 aliphatic heterocycles. The van der Waals surface area contributed by atoms with E-state index in [1.807, 2.05) is 13.8 Å². The van der Waals surface area contributed by atoms with Crippen molar-refractivity contribution in [3.63, 3.8) is 0 Å². The van der Waals surface area contributed by atoms with E-state index < -0.39 is 7.60 Å². The Bertz CT molecular complexity index is 147. The Kier molecular flexibility index (Phi) is 7.63. The van der Waals surface area contributed by atoms with Crippen LogP contribution >= 0.6 is 7.60 Å². The summed E-state index contributed by atoms with van der Waals surface area (Å²) in [6.45, 7) is 8.62. The van der Waals surface area contributed by atoms with Gasteiger partial charge in [-0.05, 0) is 19.3 Å². The highest BCUT2D eigenvalue weighted by Crippen LogP contribution is 2.48. The van der Waals surface area contributed by atoms with Gasteiger partial charge in [-0.3, -0.25) is 4.57 Å².